The maximum Gasteiger partial charge on any atom is 0.411 e. The maximum absolute atomic E-state index is 13.4. The quantitative estimate of drug-likeness (QED) is 0.447. The van der Waals surface area contributed by atoms with E-state index in [-0.39, 0.29) is 30.9 Å². The molecule has 2 aliphatic rings. The van der Waals surface area contributed by atoms with E-state index < -0.39 is 18.2 Å². The Labute approximate surface area is 221 Å². The summed E-state index contributed by atoms with van der Waals surface area (Å²) in [5, 5.41) is 5.86. The van der Waals surface area contributed by atoms with E-state index in [1.54, 1.807) is 24.3 Å². The van der Waals surface area contributed by atoms with Gasteiger partial charge >= 0.3 is 6.09 Å². The molecule has 0 spiro atoms. The summed E-state index contributed by atoms with van der Waals surface area (Å²) >= 11 is 0. The van der Waals surface area contributed by atoms with Gasteiger partial charge in [-0.1, -0.05) is 72.8 Å². The molecular weight excluding hydrogens is 482 g/mol. The van der Waals surface area contributed by atoms with Crippen molar-refractivity contribution in [2.24, 2.45) is 0 Å². The summed E-state index contributed by atoms with van der Waals surface area (Å²) < 4.78 is 11.4. The Balaban J connectivity index is 1.30. The van der Waals surface area contributed by atoms with Gasteiger partial charge in [-0.25, -0.2) is 4.79 Å². The highest BCUT2D eigenvalue weighted by Gasteiger charge is 2.47. The molecule has 2 saturated heterocycles. The summed E-state index contributed by atoms with van der Waals surface area (Å²) in [6.07, 6.45) is 0.791. The van der Waals surface area contributed by atoms with Crippen LogP contribution in [0.4, 0.5) is 10.5 Å². The monoisotopic (exact) mass is 513 g/mol. The number of benzene rings is 3. The molecule has 3 aromatic rings. The number of hydrogen-bond acceptors (Lipinski definition) is 5. The van der Waals surface area contributed by atoms with Crippen molar-refractivity contribution in [3.05, 3.63) is 102 Å². The Morgan fingerprint density at radius 1 is 0.895 bits per heavy atom. The predicted molar refractivity (Wildman–Crippen MR) is 142 cm³/mol. The van der Waals surface area contributed by atoms with Crippen LogP contribution in [0.25, 0.3) is 0 Å². The van der Waals surface area contributed by atoms with Gasteiger partial charge in [-0.2, -0.15) is 0 Å². The van der Waals surface area contributed by atoms with Crippen LogP contribution < -0.4 is 10.6 Å². The molecule has 2 N–H and O–H groups in total. The van der Waals surface area contributed by atoms with Crippen LogP contribution in [-0.4, -0.2) is 48.1 Å². The van der Waals surface area contributed by atoms with E-state index in [9.17, 15) is 14.4 Å². The van der Waals surface area contributed by atoms with Gasteiger partial charge in [0.15, 0.2) is 12.1 Å². The number of rotatable bonds is 9. The van der Waals surface area contributed by atoms with E-state index in [0.717, 1.165) is 24.0 Å². The number of nitrogens with one attached hydrogen (secondary N) is 2. The Kier molecular flexibility index (Phi) is 7.99. The summed E-state index contributed by atoms with van der Waals surface area (Å²) in [5.41, 5.74) is 3.13. The van der Waals surface area contributed by atoms with E-state index in [1.807, 2.05) is 60.7 Å². The molecule has 0 radical (unpaired) electrons. The fourth-order valence-corrected chi connectivity index (χ4v) is 4.86. The van der Waals surface area contributed by atoms with E-state index >= 15 is 0 Å². The number of amides is 3. The van der Waals surface area contributed by atoms with Crippen LogP contribution in [0.1, 0.15) is 35.6 Å². The summed E-state index contributed by atoms with van der Waals surface area (Å²) in [4.78, 5) is 40.3. The second-order valence-corrected chi connectivity index (χ2v) is 9.58. The van der Waals surface area contributed by atoms with Gasteiger partial charge in [0.25, 0.3) is 0 Å². The first kappa shape index (κ1) is 25.5. The standard InChI is InChI=1S/C30H31N3O5/c34-26(18-21-8-3-1-4-9-21)32-24-15-13-23(14-16-24)28-27(29(35)31-19-25-12-7-17-37-25)33(30(36)38-28)20-22-10-5-2-6-11-22/h1-6,8-11,13-16,25,27-28H,7,12,17-20H2,(H,31,35)(H,32,34)/t25-,27+,28-/m0/s1. The third-order valence-electron chi connectivity index (χ3n) is 6.81. The molecule has 2 fully saturated rings. The van der Waals surface area contributed by atoms with Gasteiger partial charge in [-0.3, -0.25) is 14.5 Å². The molecule has 5 rings (SSSR count). The molecule has 3 amide bonds. The van der Waals surface area contributed by atoms with Gasteiger partial charge in [-0.05, 0) is 41.7 Å². The molecule has 3 atom stereocenters. The third kappa shape index (κ3) is 6.20. The van der Waals surface area contributed by atoms with E-state index in [4.69, 9.17) is 9.47 Å². The first-order chi connectivity index (χ1) is 18.6. The second-order valence-electron chi connectivity index (χ2n) is 9.58. The number of carbonyl (C=O) groups is 3. The summed E-state index contributed by atoms with van der Waals surface area (Å²) in [7, 11) is 0. The van der Waals surface area contributed by atoms with Crippen molar-refractivity contribution in [3.63, 3.8) is 0 Å². The van der Waals surface area contributed by atoms with Crippen molar-refractivity contribution in [2.45, 2.75) is 44.1 Å². The maximum atomic E-state index is 13.4. The molecule has 0 saturated carbocycles. The van der Waals surface area contributed by atoms with Crippen molar-refractivity contribution in [3.8, 4) is 0 Å². The highest BCUT2D eigenvalue weighted by molar-refractivity contribution is 5.92. The zero-order valence-corrected chi connectivity index (χ0v) is 21.0. The number of carbonyl (C=O) groups excluding carboxylic acids is 3. The third-order valence-corrected chi connectivity index (χ3v) is 6.81. The minimum atomic E-state index is -0.845. The number of hydrogen-bond donors (Lipinski definition) is 2. The molecule has 3 aromatic carbocycles. The molecule has 8 nitrogen and oxygen atoms in total. The van der Waals surface area contributed by atoms with Gasteiger partial charge in [0, 0.05) is 18.8 Å². The summed E-state index contributed by atoms with van der Waals surface area (Å²) in [5.74, 6) is -0.413. The first-order valence-corrected chi connectivity index (χ1v) is 12.9. The smallest absolute Gasteiger partial charge is 0.411 e. The van der Waals surface area contributed by atoms with Crippen molar-refractivity contribution < 1.29 is 23.9 Å². The molecule has 0 bridgehead atoms. The number of cyclic esters (lactones) is 1. The summed E-state index contributed by atoms with van der Waals surface area (Å²) in [6.45, 7) is 1.34. The van der Waals surface area contributed by atoms with Crippen LogP contribution in [0.5, 0.6) is 0 Å². The number of anilines is 1. The van der Waals surface area contributed by atoms with Gasteiger partial charge in [0.1, 0.15) is 0 Å². The molecule has 0 unspecified atom stereocenters. The van der Waals surface area contributed by atoms with Crippen molar-refractivity contribution in [2.75, 3.05) is 18.5 Å². The Morgan fingerprint density at radius 3 is 2.24 bits per heavy atom. The minimum absolute atomic E-state index is 0.0169. The molecule has 0 aromatic heterocycles. The molecule has 2 aliphatic heterocycles. The van der Waals surface area contributed by atoms with Crippen LogP contribution in [0.3, 0.4) is 0 Å². The van der Waals surface area contributed by atoms with Gasteiger partial charge in [-0.15, -0.1) is 0 Å². The van der Waals surface area contributed by atoms with Gasteiger partial charge in [0.05, 0.1) is 19.1 Å². The largest absolute Gasteiger partial charge is 0.438 e. The predicted octanol–water partition coefficient (Wildman–Crippen LogP) is 4.23. The van der Waals surface area contributed by atoms with Gasteiger partial charge < -0.3 is 20.1 Å². The van der Waals surface area contributed by atoms with E-state index in [2.05, 4.69) is 10.6 Å². The van der Waals surface area contributed by atoms with Crippen LogP contribution in [0.15, 0.2) is 84.9 Å². The first-order valence-electron chi connectivity index (χ1n) is 12.9. The highest BCUT2D eigenvalue weighted by Crippen LogP contribution is 2.34. The normalized spacial score (nSPS) is 20.7. The van der Waals surface area contributed by atoms with E-state index in [0.29, 0.717) is 24.4 Å². The lowest BCUT2D eigenvalue weighted by Gasteiger charge is -2.25. The topological polar surface area (TPSA) is 97.0 Å². The van der Waals surface area contributed by atoms with Crippen LogP contribution >= 0.6 is 0 Å². The molecule has 0 aliphatic carbocycles. The zero-order chi connectivity index (χ0) is 26.3. The SMILES string of the molecule is O=C(Cc1ccccc1)Nc1ccc([C@@H]2OC(=O)N(Cc3ccccc3)[C@H]2C(=O)NC[C@@H]2CCCO2)cc1. The molecule has 196 valence electrons. The highest BCUT2D eigenvalue weighted by atomic mass is 16.6. The Hall–Kier alpha value is -4.17. The van der Waals surface area contributed by atoms with Crippen molar-refractivity contribution >= 4 is 23.6 Å². The van der Waals surface area contributed by atoms with Crippen LogP contribution in [0.2, 0.25) is 0 Å². The zero-order valence-electron chi connectivity index (χ0n) is 21.0. The Morgan fingerprint density at radius 2 is 1.58 bits per heavy atom. The number of nitrogens with zero attached hydrogens (tertiary/aromatic N) is 1. The van der Waals surface area contributed by atoms with Crippen LogP contribution in [0, 0.1) is 0 Å². The fourth-order valence-electron chi connectivity index (χ4n) is 4.86. The molecular formula is C30H31N3O5. The molecule has 2 heterocycles. The Bertz CT molecular complexity index is 1240. The molecule has 8 heteroatoms. The van der Waals surface area contributed by atoms with Gasteiger partial charge in [0.2, 0.25) is 11.8 Å². The van der Waals surface area contributed by atoms with Crippen LogP contribution in [-0.2, 0) is 32.0 Å². The lowest BCUT2D eigenvalue weighted by atomic mass is 10.00. The molecule has 38 heavy (non-hydrogen) atoms. The second kappa shape index (κ2) is 11.9. The minimum Gasteiger partial charge on any atom is -0.438 e. The lowest BCUT2D eigenvalue weighted by Crippen LogP contribution is -2.47. The van der Waals surface area contributed by atoms with Crippen molar-refractivity contribution in [1.29, 1.82) is 0 Å². The van der Waals surface area contributed by atoms with E-state index in [1.165, 1.54) is 4.90 Å². The average Bonchev–Trinajstić information content (AvgIpc) is 3.57. The number of ether oxygens (including phenoxy) is 2. The fraction of sp³-hybridized carbons (Fsp3) is 0.300. The summed E-state index contributed by atoms with van der Waals surface area (Å²) in [6, 6.07) is 25.3. The lowest BCUT2D eigenvalue weighted by molar-refractivity contribution is -0.126. The average molecular weight is 514 g/mol. The van der Waals surface area contributed by atoms with Crippen molar-refractivity contribution in [1.82, 2.24) is 10.2 Å².